The van der Waals surface area contributed by atoms with Gasteiger partial charge in [-0.25, -0.2) is 13.6 Å². The lowest BCUT2D eigenvalue weighted by atomic mass is 10.2. The summed E-state index contributed by atoms with van der Waals surface area (Å²) in [5, 5.41) is 2.69. The first-order valence-corrected chi connectivity index (χ1v) is 7.42. The second-order valence-corrected chi connectivity index (χ2v) is 5.04. The molecule has 0 saturated heterocycles. The maximum absolute atomic E-state index is 13.3. The van der Waals surface area contributed by atoms with E-state index in [-0.39, 0.29) is 18.2 Å². The first kappa shape index (κ1) is 17.4. The minimum atomic E-state index is -0.709. The molecule has 0 bridgehead atoms. The number of amides is 1. The van der Waals surface area contributed by atoms with Crippen LogP contribution in [-0.4, -0.2) is 12.1 Å². The van der Waals surface area contributed by atoms with Gasteiger partial charge in [-0.2, -0.15) is 0 Å². The van der Waals surface area contributed by atoms with Crippen molar-refractivity contribution in [2.75, 3.05) is 0 Å². The lowest BCUT2D eigenvalue weighted by molar-refractivity contribution is 0.134. The zero-order valence-electron chi connectivity index (χ0n) is 12.8. The Kier molecular flexibility index (Phi) is 7.12. The molecule has 1 atom stereocenters. The summed E-state index contributed by atoms with van der Waals surface area (Å²) in [7, 11) is 0. The van der Waals surface area contributed by atoms with E-state index >= 15 is 0 Å². The van der Waals surface area contributed by atoms with Crippen molar-refractivity contribution in [2.24, 2.45) is 5.92 Å². The highest BCUT2D eigenvalue weighted by atomic mass is 19.1. The topological polar surface area (TPSA) is 38.3 Å². The third kappa shape index (κ3) is 6.56. The Morgan fingerprint density at radius 3 is 2.62 bits per heavy atom. The van der Waals surface area contributed by atoms with Gasteiger partial charge in [0.25, 0.3) is 0 Å². The van der Waals surface area contributed by atoms with Gasteiger partial charge in [0.2, 0.25) is 0 Å². The molecular formula is C16H23F2NO2. The monoisotopic (exact) mass is 299 g/mol. The van der Waals surface area contributed by atoms with E-state index in [9.17, 15) is 13.6 Å². The minimum Gasteiger partial charge on any atom is -0.445 e. The fourth-order valence-electron chi connectivity index (χ4n) is 1.94. The number of carbonyl (C=O) groups is 1. The van der Waals surface area contributed by atoms with Crippen LogP contribution in [-0.2, 0) is 11.3 Å². The van der Waals surface area contributed by atoms with E-state index in [1.807, 2.05) is 20.8 Å². The van der Waals surface area contributed by atoms with E-state index in [1.54, 1.807) is 0 Å². The van der Waals surface area contributed by atoms with Crippen molar-refractivity contribution in [3.63, 3.8) is 0 Å². The predicted molar refractivity (Wildman–Crippen MR) is 77.8 cm³/mol. The van der Waals surface area contributed by atoms with Gasteiger partial charge in [-0.05, 0) is 31.4 Å². The molecule has 1 aliphatic carbocycles. The van der Waals surface area contributed by atoms with Crippen LogP contribution in [0.4, 0.5) is 13.6 Å². The number of carbonyl (C=O) groups excluding carboxylic acids is 1. The number of halogens is 2. The lowest BCUT2D eigenvalue weighted by Gasteiger charge is -2.13. The minimum absolute atomic E-state index is 0.0538. The van der Waals surface area contributed by atoms with Gasteiger partial charge in [0.1, 0.15) is 18.2 Å². The second kappa shape index (κ2) is 8.60. The molecule has 0 aromatic heterocycles. The Balaban J connectivity index is 0.00000106. The number of hydrogen-bond donors (Lipinski definition) is 1. The van der Waals surface area contributed by atoms with E-state index in [1.165, 1.54) is 18.9 Å². The van der Waals surface area contributed by atoms with Crippen molar-refractivity contribution in [2.45, 2.75) is 52.7 Å². The van der Waals surface area contributed by atoms with Crippen LogP contribution < -0.4 is 5.32 Å². The molecule has 1 unspecified atom stereocenters. The standard InChI is InChI=1S/C14H17F2NO2.C2H6/c1-9(6-10-2-3-10)17-14(18)19-8-11-4-5-12(15)7-13(11)16;1-2/h4-5,7,9-10H,2-3,6,8H2,1H3,(H,17,18);1-2H3. The number of benzene rings is 1. The highest BCUT2D eigenvalue weighted by Gasteiger charge is 2.24. The maximum Gasteiger partial charge on any atom is 0.407 e. The number of alkyl carbamates (subject to hydrolysis) is 1. The number of hydrogen-bond acceptors (Lipinski definition) is 2. The smallest absolute Gasteiger partial charge is 0.407 e. The molecule has 0 heterocycles. The second-order valence-electron chi connectivity index (χ2n) is 5.04. The van der Waals surface area contributed by atoms with Crippen LogP contribution in [0.1, 0.15) is 45.6 Å². The average Bonchev–Trinajstić information content (AvgIpc) is 3.23. The zero-order valence-corrected chi connectivity index (χ0v) is 12.8. The van der Waals surface area contributed by atoms with Gasteiger partial charge in [0, 0.05) is 17.7 Å². The van der Waals surface area contributed by atoms with Gasteiger partial charge in [-0.3, -0.25) is 0 Å². The summed E-state index contributed by atoms with van der Waals surface area (Å²) >= 11 is 0. The Morgan fingerprint density at radius 2 is 2.05 bits per heavy atom. The molecule has 5 heteroatoms. The van der Waals surface area contributed by atoms with Crippen LogP contribution in [0, 0.1) is 17.6 Å². The Labute approximate surface area is 124 Å². The third-order valence-electron chi connectivity index (χ3n) is 3.12. The number of nitrogens with one attached hydrogen (secondary N) is 1. The van der Waals surface area contributed by atoms with Crippen molar-refractivity contribution in [3.8, 4) is 0 Å². The Morgan fingerprint density at radius 1 is 1.38 bits per heavy atom. The fraction of sp³-hybridized carbons (Fsp3) is 0.562. The summed E-state index contributed by atoms with van der Waals surface area (Å²) in [4.78, 5) is 11.5. The molecule has 1 fully saturated rings. The van der Waals surface area contributed by atoms with Crippen LogP contribution in [0.3, 0.4) is 0 Å². The van der Waals surface area contributed by atoms with Gasteiger partial charge in [0.05, 0.1) is 0 Å². The molecule has 1 aromatic carbocycles. The molecule has 2 rings (SSSR count). The first-order valence-electron chi connectivity index (χ1n) is 7.42. The maximum atomic E-state index is 13.3. The number of rotatable bonds is 5. The van der Waals surface area contributed by atoms with Crippen molar-refractivity contribution in [1.29, 1.82) is 0 Å². The predicted octanol–water partition coefficient (Wildman–Crippen LogP) is 4.41. The Bertz CT molecular complexity index is 462. The first-order chi connectivity index (χ1) is 10.0. The van der Waals surface area contributed by atoms with Gasteiger partial charge >= 0.3 is 6.09 Å². The zero-order chi connectivity index (χ0) is 15.8. The van der Waals surface area contributed by atoms with E-state index in [4.69, 9.17) is 4.74 Å². The molecule has 1 amide bonds. The quantitative estimate of drug-likeness (QED) is 0.874. The van der Waals surface area contributed by atoms with Gasteiger partial charge in [-0.1, -0.05) is 26.7 Å². The summed E-state index contributed by atoms with van der Waals surface area (Å²) in [6.45, 7) is 5.71. The average molecular weight is 299 g/mol. The molecule has 3 nitrogen and oxygen atoms in total. The van der Waals surface area contributed by atoms with E-state index in [0.717, 1.165) is 18.6 Å². The highest BCUT2D eigenvalue weighted by molar-refractivity contribution is 5.67. The van der Waals surface area contributed by atoms with Crippen LogP contribution >= 0.6 is 0 Å². The van der Waals surface area contributed by atoms with Crippen LogP contribution in [0.25, 0.3) is 0 Å². The summed E-state index contributed by atoms with van der Waals surface area (Å²) < 4.78 is 30.9. The summed E-state index contributed by atoms with van der Waals surface area (Å²) in [6, 6.07) is 3.23. The van der Waals surface area contributed by atoms with E-state index in [2.05, 4.69) is 5.32 Å². The van der Waals surface area contributed by atoms with Gasteiger partial charge in [-0.15, -0.1) is 0 Å². The molecular weight excluding hydrogens is 276 g/mol. The summed E-state index contributed by atoms with van der Waals surface area (Å²) in [5.74, 6) is -0.646. The summed E-state index contributed by atoms with van der Waals surface area (Å²) in [5.41, 5.74) is 0.159. The fourth-order valence-corrected chi connectivity index (χ4v) is 1.94. The van der Waals surface area contributed by atoms with E-state index < -0.39 is 17.7 Å². The van der Waals surface area contributed by atoms with Crippen molar-refractivity contribution >= 4 is 6.09 Å². The van der Waals surface area contributed by atoms with Gasteiger partial charge in [0.15, 0.2) is 0 Å². The van der Waals surface area contributed by atoms with Crippen molar-refractivity contribution in [1.82, 2.24) is 5.32 Å². The summed E-state index contributed by atoms with van der Waals surface area (Å²) in [6.07, 6.45) is 2.82. The molecule has 0 spiro atoms. The molecule has 1 N–H and O–H groups in total. The normalized spacial score (nSPS) is 14.7. The molecule has 1 aromatic rings. The third-order valence-corrected chi connectivity index (χ3v) is 3.12. The molecule has 0 aliphatic heterocycles. The molecule has 118 valence electrons. The SMILES string of the molecule is CC.CC(CC1CC1)NC(=O)OCc1ccc(F)cc1F. The number of ether oxygens (including phenoxy) is 1. The molecule has 0 radical (unpaired) electrons. The molecule has 21 heavy (non-hydrogen) atoms. The molecule has 1 saturated carbocycles. The van der Waals surface area contributed by atoms with E-state index in [0.29, 0.717) is 5.92 Å². The van der Waals surface area contributed by atoms with Crippen molar-refractivity contribution < 1.29 is 18.3 Å². The van der Waals surface area contributed by atoms with Crippen molar-refractivity contribution in [3.05, 3.63) is 35.4 Å². The van der Waals surface area contributed by atoms with Crippen LogP contribution in [0.15, 0.2) is 18.2 Å². The lowest BCUT2D eigenvalue weighted by Crippen LogP contribution is -2.33. The largest absolute Gasteiger partial charge is 0.445 e. The van der Waals surface area contributed by atoms with Crippen LogP contribution in [0.5, 0.6) is 0 Å². The Hall–Kier alpha value is -1.65. The van der Waals surface area contributed by atoms with Crippen LogP contribution in [0.2, 0.25) is 0 Å². The van der Waals surface area contributed by atoms with Gasteiger partial charge < -0.3 is 10.1 Å². The highest BCUT2D eigenvalue weighted by Crippen LogP contribution is 2.33. The molecule has 1 aliphatic rings.